The van der Waals surface area contributed by atoms with Crippen LogP contribution in [0.4, 0.5) is 11.4 Å². The molecule has 2 rings (SSSR count). The summed E-state index contributed by atoms with van der Waals surface area (Å²) >= 11 is 6.07. The zero-order valence-electron chi connectivity index (χ0n) is 8.87. The van der Waals surface area contributed by atoms with Crippen molar-refractivity contribution in [1.29, 1.82) is 0 Å². The van der Waals surface area contributed by atoms with E-state index in [0.29, 0.717) is 10.7 Å². The van der Waals surface area contributed by atoms with Crippen molar-refractivity contribution in [3.8, 4) is 0 Å². The molecular weight excluding hydrogens is 224 g/mol. The fourth-order valence-corrected chi connectivity index (χ4v) is 1.71. The highest BCUT2D eigenvalue weighted by Crippen LogP contribution is 2.27. The minimum absolute atomic E-state index is 0.139. The molecule has 0 aliphatic carbocycles. The number of nitrogens with two attached hydrogens (primary N) is 1. The maximum atomic E-state index is 6.07. The second kappa shape index (κ2) is 4.45. The van der Waals surface area contributed by atoms with Gasteiger partial charge in [0.25, 0.3) is 0 Å². The first-order valence-electron chi connectivity index (χ1n) is 4.97. The first-order valence-corrected chi connectivity index (χ1v) is 5.35. The topological polar surface area (TPSA) is 66.7 Å². The van der Waals surface area contributed by atoms with E-state index in [1.54, 1.807) is 12.3 Å². The lowest BCUT2D eigenvalue weighted by molar-refractivity contribution is 0.886. The van der Waals surface area contributed by atoms with Crippen molar-refractivity contribution in [1.82, 2.24) is 10.2 Å². The second-order valence-corrected chi connectivity index (χ2v) is 4.04. The standard InChI is InChI=1S/C11H13ClN4/c1-7(8-5-14-15-6-8)16-11-3-2-9(13)4-10(11)12/h2-7,16H,13H2,1H3,(H,14,15). The second-order valence-electron chi connectivity index (χ2n) is 3.64. The van der Waals surface area contributed by atoms with E-state index in [2.05, 4.69) is 15.5 Å². The first kappa shape index (κ1) is 10.8. The highest BCUT2D eigenvalue weighted by molar-refractivity contribution is 6.33. The molecule has 1 aromatic heterocycles. The normalized spacial score (nSPS) is 12.4. The van der Waals surface area contributed by atoms with Crippen molar-refractivity contribution in [2.45, 2.75) is 13.0 Å². The summed E-state index contributed by atoms with van der Waals surface area (Å²) in [4.78, 5) is 0. The van der Waals surface area contributed by atoms with Gasteiger partial charge in [0.1, 0.15) is 0 Å². The molecule has 0 aliphatic heterocycles. The highest BCUT2D eigenvalue weighted by Gasteiger charge is 2.08. The van der Waals surface area contributed by atoms with Crippen LogP contribution in [-0.2, 0) is 0 Å². The number of nitrogen functional groups attached to an aromatic ring is 1. The quantitative estimate of drug-likeness (QED) is 0.718. The number of H-pyrrole nitrogens is 1. The number of nitrogens with zero attached hydrogens (tertiary/aromatic N) is 1. The molecule has 0 saturated heterocycles. The zero-order chi connectivity index (χ0) is 11.5. The molecule has 16 heavy (non-hydrogen) atoms. The van der Waals surface area contributed by atoms with Crippen molar-refractivity contribution in [2.24, 2.45) is 0 Å². The predicted octanol–water partition coefficient (Wildman–Crippen LogP) is 2.82. The summed E-state index contributed by atoms with van der Waals surface area (Å²) in [6, 6.07) is 5.55. The van der Waals surface area contributed by atoms with E-state index in [0.717, 1.165) is 11.3 Å². The van der Waals surface area contributed by atoms with Gasteiger partial charge in [-0.15, -0.1) is 0 Å². The van der Waals surface area contributed by atoms with Gasteiger partial charge in [-0.25, -0.2) is 0 Å². The van der Waals surface area contributed by atoms with Crippen LogP contribution in [-0.4, -0.2) is 10.2 Å². The number of halogens is 1. The number of aromatic amines is 1. The van der Waals surface area contributed by atoms with E-state index in [4.69, 9.17) is 17.3 Å². The van der Waals surface area contributed by atoms with Gasteiger partial charge in [0.2, 0.25) is 0 Å². The molecule has 1 atom stereocenters. The summed E-state index contributed by atoms with van der Waals surface area (Å²) in [5.74, 6) is 0. The molecule has 4 N–H and O–H groups in total. The molecule has 0 amide bonds. The Morgan fingerprint density at radius 2 is 2.31 bits per heavy atom. The maximum Gasteiger partial charge on any atom is 0.0658 e. The molecule has 1 unspecified atom stereocenters. The lowest BCUT2D eigenvalue weighted by Crippen LogP contribution is -2.06. The Kier molecular flexibility index (Phi) is 3.01. The van der Waals surface area contributed by atoms with E-state index in [9.17, 15) is 0 Å². The Balaban J connectivity index is 2.15. The van der Waals surface area contributed by atoms with Crippen LogP contribution in [0.3, 0.4) is 0 Å². The molecule has 2 aromatic rings. The lowest BCUT2D eigenvalue weighted by atomic mass is 10.2. The highest BCUT2D eigenvalue weighted by atomic mass is 35.5. The Morgan fingerprint density at radius 1 is 1.50 bits per heavy atom. The Bertz CT molecular complexity index is 467. The number of hydrogen-bond donors (Lipinski definition) is 3. The largest absolute Gasteiger partial charge is 0.399 e. The molecular formula is C11H13ClN4. The van der Waals surface area contributed by atoms with Gasteiger partial charge in [-0.3, -0.25) is 5.10 Å². The van der Waals surface area contributed by atoms with E-state index in [-0.39, 0.29) is 6.04 Å². The molecule has 0 spiro atoms. The van der Waals surface area contributed by atoms with E-state index in [1.807, 2.05) is 25.3 Å². The van der Waals surface area contributed by atoms with Crippen LogP contribution in [0.15, 0.2) is 30.6 Å². The van der Waals surface area contributed by atoms with E-state index >= 15 is 0 Å². The summed E-state index contributed by atoms with van der Waals surface area (Å²) in [7, 11) is 0. The van der Waals surface area contributed by atoms with Gasteiger partial charge < -0.3 is 11.1 Å². The summed E-state index contributed by atoms with van der Waals surface area (Å²) in [5, 5.41) is 10.6. The van der Waals surface area contributed by atoms with Crippen LogP contribution in [0.2, 0.25) is 5.02 Å². The SMILES string of the molecule is CC(Nc1ccc(N)cc1Cl)c1cn[nH]c1. The predicted molar refractivity (Wildman–Crippen MR) is 66.5 cm³/mol. The number of nitrogens with one attached hydrogen (secondary N) is 2. The van der Waals surface area contributed by atoms with Crippen LogP contribution >= 0.6 is 11.6 Å². The molecule has 1 heterocycles. The fourth-order valence-electron chi connectivity index (χ4n) is 1.46. The van der Waals surface area contributed by atoms with Crippen molar-refractivity contribution in [2.75, 3.05) is 11.1 Å². The average Bonchev–Trinajstić information content (AvgIpc) is 2.75. The molecule has 4 nitrogen and oxygen atoms in total. The molecule has 0 saturated carbocycles. The third-order valence-electron chi connectivity index (χ3n) is 2.38. The van der Waals surface area contributed by atoms with Gasteiger partial charge in [0.15, 0.2) is 0 Å². The minimum Gasteiger partial charge on any atom is -0.399 e. The van der Waals surface area contributed by atoms with E-state index in [1.165, 1.54) is 0 Å². The Hall–Kier alpha value is -1.68. The number of hydrogen-bond acceptors (Lipinski definition) is 3. The molecule has 84 valence electrons. The van der Waals surface area contributed by atoms with Gasteiger partial charge in [0.05, 0.1) is 22.9 Å². The minimum atomic E-state index is 0.139. The number of benzene rings is 1. The van der Waals surface area contributed by atoms with Crippen molar-refractivity contribution in [3.05, 3.63) is 41.2 Å². The molecule has 0 radical (unpaired) electrons. The third kappa shape index (κ3) is 2.28. The Labute approximate surface area is 98.8 Å². The fraction of sp³-hybridized carbons (Fsp3) is 0.182. The summed E-state index contributed by atoms with van der Waals surface area (Å²) in [6.07, 6.45) is 3.63. The van der Waals surface area contributed by atoms with Crippen LogP contribution in [0.5, 0.6) is 0 Å². The monoisotopic (exact) mass is 236 g/mol. The number of aromatic nitrogens is 2. The maximum absolute atomic E-state index is 6.07. The van der Waals surface area contributed by atoms with E-state index < -0.39 is 0 Å². The van der Waals surface area contributed by atoms with Crippen LogP contribution < -0.4 is 11.1 Å². The summed E-state index contributed by atoms with van der Waals surface area (Å²) in [5.41, 5.74) is 8.23. The summed E-state index contributed by atoms with van der Waals surface area (Å²) < 4.78 is 0. The van der Waals surface area contributed by atoms with Gasteiger partial charge in [-0.1, -0.05) is 11.6 Å². The lowest BCUT2D eigenvalue weighted by Gasteiger charge is -2.15. The molecule has 1 aromatic carbocycles. The van der Waals surface area contributed by atoms with Crippen LogP contribution in [0.1, 0.15) is 18.5 Å². The molecule has 0 aliphatic rings. The average molecular weight is 237 g/mol. The molecule has 0 bridgehead atoms. The van der Waals surface area contributed by atoms with Crippen molar-refractivity contribution < 1.29 is 0 Å². The van der Waals surface area contributed by atoms with Gasteiger partial charge in [0, 0.05) is 17.4 Å². The third-order valence-corrected chi connectivity index (χ3v) is 2.70. The van der Waals surface area contributed by atoms with Crippen LogP contribution in [0, 0.1) is 0 Å². The van der Waals surface area contributed by atoms with Gasteiger partial charge in [-0.2, -0.15) is 5.10 Å². The first-order chi connectivity index (χ1) is 7.66. The van der Waals surface area contributed by atoms with Crippen molar-refractivity contribution >= 4 is 23.0 Å². The summed E-state index contributed by atoms with van der Waals surface area (Å²) in [6.45, 7) is 2.04. The van der Waals surface area contributed by atoms with Crippen LogP contribution in [0.25, 0.3) is 0 Å². The molecule has 0 fully saturated rings. The van der Waals surface area contributed by atoms with Gasteiger partial charge in [-0.05, 0) is 25.1 Å². The van der Waals surface area contributed by atoms with Crippen molar-refractivity contribution in [3.63, 3.8) is 0 Å². The molecule has 5 heteroatoms. The smallest absolute Gasteiger partial charge is 0.0658 e. The zero-order valence-corrected chi connectivity index (χ0v) is 9.62. The van der Waals surface area contributed by atoms with Gasteiger partial charge >= 0.3 is 0 Å². The number of anilines is 2. The number of rotatable bonds is 3. The Morgan fingerprint density at radius 3 is 2.94 bits per heavy atom.